The Morgan fingerprint density at radius 2 is 1.89 bits per heavy atom. The average Bonchev–Trinajstić information content (AvgIpc) is 3.45. The molecule has 0 unspecified atom stereocenters. The molecule has 5 heteroatoms. The molecule has 1 aromatic carbocycles. The van der Waals surface area contributed by atoms with Gasteiger partial charge in [-0.25, -0.2) is 4.98 Å². The van der Waals surface area contributed by atoms with Gasteiger partial charge in [0.2, 0.25) is 5.91 Å². The van der Waals surface area contributed by atoms with Crippen molar-refractivity contribution in [1.82, 2.24) is 14.5 Å². The molecule has 1 amide bonds. The summed E-state index contributed by atoms with van der Waals surface area (Å²) < 4.78 is 2.02. The van der Waals surface area contributed by atoms with Crippen molar-refractivity contribution in [1.29, 1.82) is 0 Å². The highest BCUT2D eigenvalue weighted by molar-refractivity contribution is 5.79. The summed E-state index contributed by atoms with van der Waals surface area (Å²) in [6, 6.07) is 8.32. The zero-order chi connectivity index (χ0) is 18.4. The van der Waals surface area contributed by atoms with Gasteiger partial charge < -0.3 is 14.6 Å². The van der Waals surface area contributed by atoms with Crippen LogP contribution in [0.3, 0.4) is 0 Å². The Morgan fingerprint density at radius 3 is 2.59 bits per heavy atom. The lowest BCUT2D eigenvalue weighted by molar-refractivity contribution is -0.137. The number of rotatable bonds is 2. The number of carbonyl (C=O) groups excluding carboxylic acids is 1. The molecule has 1 saturated carbocycles. The van der Waals surface area contributed by atoms with Crippen molar-refractivity contribution in [2.45, 2.75) is 56.1 Å². The van der Waals surface area contributed by atoms with Gasteiger partial charge in [0, 0.05) is 36.8 Å². The van der Waals surface area contributed by atoms with Crippen LogP contribution in [0, 0.1) is 5.92 Å². The number of carbonyl (C=O) groups is 1. The molecule has 1 aliphatic heterocycles. The second-order valence-electron chi connectivity index (χ2n) is 8.45. The van der Waals surface area contributed by atoms with Gasteiger partial charge in [-0.05, 0) is 36.8 Å². The maximum atomic E-state index is 12.8. The van der Waals surface area contributed by atoms with E-state index in [-0.39, 0.29) is 17.4 Å². The van der Waals surface area contributed by atoms with Crippen molar-refractivity contribution in [2.75, 3.05) is 13.1 Å². The Bertz CT molecular complexity index is 818. The van der Waals surface area contributed by atoms with Crippen LogP contribution in [-0.2, 0) is 10.2 Å². The molecular formula is C22H27N3O2. The Morgan fingerprint density at radius 1 is 1.15 bits per heavy atom. The highest BCUT2D eigenvalue weighted by Crippen LogP contribution is 2.52. The monoisotopic (exact) mass is 365 g/mol. The molecule has 142 valence electrons. The standard InChI is InChI=1S/C22H27N3O2/c26-20-19(25-14-11-23-15-25)17-7-3-4-8-18(17)22(20)9-12-24(13-10-22)21(27)16-5-1-2-6-16/h3-4,7-8,11,14-16,19-20,26H,1-2,5-6,9-10,12-13H2/t19-,20+/m1/s1. The zero-order valence-electron chi connectivity index (χ0n) is 15.6. The van der Waals surface area contributed by atoms with Crippen LogP contribution in [0.4, 0.5) is 0 Å². The lowest BCUT2D eigenvalue weighted by Crippen LogP contribution is -2.51. The van der Waals surface area contributed by atoms with Crippen LogP contribution in [0.15, 0.2) is 43.0 Å². The number of amides is 1. The summed E-state index contributed by atoms with van der Waals surface area (Å²) in [5, 5.41) is 11.4. The highest BCUT2D eigenvalue weighted by atomic mass is 16.3. The van der Waals surface area contributed by atoms with E-state index in [1.165, 1.54) is 24.0 Å². The number of imidazole rings is 1. The zero-order valence-corrected chi connectivity index (χ0v) is 15.6. The highest BCUT2D eigenvalue weighted by Gasteiger charge is 2.53. The molecule has 1 N–H and O–H groups in total. The Kier molecular flexibility index (Phi) is 4.08. The molecule has 1 saturated heterocycles. The van der Waals surface area contributed by atoms with Gasteiger partial charge in [0.05, 0.1) is 18.5 Å². The van der Waals surface area contributed by atoms with Crippen LogP contribution in [0.2, 0.25) is 0 Å². The maximum absolute atomic E-state index is 12.8. The topological polar surface area (TPSA) is 58.4 Å². The van der Waals surface area contributed by atoms with Gasteiger partial charge >= 0.3 is 0 Å². The second-order valence-corrected chi connectivity index (χ2v) is 8.45. The van der Waals surface area contributed by atoms with Crippen molar-refractivity contribution in [3.05, 3.63) is 54.1 Å². The molecule has 1 spiro atoms. The van der Waals surface area contributed by atoms with Crippen molar-refractivity contribution in [3.63, 3.8) is 0 Å². The quantitative estimate of drug-likeness (QED) is 0.890. The molecule has 0 radical (unpaired) electrons. The molecule has 27 heavy (non-hydrogen) atoms. The maximum Gasteiger partial charge on any atom is 0.225 e. The molecule has 5 nitrogen and oxygen atoms in total. The summed E-state index contributed by atoms with van der Waals surface area (Å²) in [6.45, 7) is 1.49. The largest absolute Gasteiger partial charge is 0.390 e. The summed E-state index contributed by atoms with van der Waals surface area (Å²) in [5.41, 5.74) is 2.18. The fourth-order valence-electron chi connectivity index (χ4n) is 5.72. The van der Waals surface area contributed by atoms with E-state index in [9.17, 15) is 9.90 Å². The van der Waals surface area contributed by atoms with E-state index >= 15 is 0 Å². The van der Waals surface area contributed by atoms with E-state index in [0.29, 0.717) is 5.91 Å². The van der Waals surface area contributed by atoms with Crippen molar-refractivity contribution in [2.24, 2.45) is 5.92 Å². The number of likely N-dealkylation sites (tertiary alicyclic amines) is 1. The Hall–Kier alpha value is -2.14. The molecule has 2 aromatic rings. The van der Waals surface area contributed by atoms with Crippen molar-refractivity contribution < 1.29 is 9.90 Å². The van der Waals surface area contributed by atoms with Crippen LogP contribution in [0.1, 0.15) is 55.7 Å². The Labute approximate surface area is 160 Å². The summed E-state index contributed by atoms with van der Waals surface area (Å²) >= 11 is 0. The first-order valence-corrected chi connectivity index (χ1v) is 10.2. The van der Waals surface area contributed by atoms with E-state index < -0.39 is 6.10 Å². The first kappa shape index (κ1) is 17.0. The van der Waals surface area contributed by atoms with Crippen LogP contribution in [-0.4, -0.2) is 44.7 Å². The van der Waals surface area contributed by atoms with Gasteiger partial charge in [0.15, 0.2) is 0 Å². The minimum Gasteiger partial charge on any atom is -0.390 e. The number of aromatic nitrogens is 2. The molecular weight excluding hydrogens is 338 g/mol. The van der Waals surface area contributed by atoms with Crippen molar-refractivity contribution in [3.8, 4) is 0 Å². The fraction of sp³-hybridized carbons (Fsp3) is 0.545. The smallest absolute Gasteiger partial charge is 0.225 e. The van der Waals surface area contributed by atoms with E-state index in [2.05, 4.69) is 28.1 Å². The van der Waals surface area contributed by atoms with E-state index in [0.717, 1.165) is 38.8 Å². The van der Waals surface area contributed by atoms with E-state index in [1.54, 1.807) is 12.5 Å². The number of aliphatic hydroxyl groups excluding tert-OH is 1. The first-order chi connectivity index (χ1) is 13.2. The number of piperidine rings is 1. The average molecular weight is 365 g/mol. The summed E-state index contributed by atoms with van der Waals surface area (Å²) in [7, 11) is 0. The fourth-order valence-corrected chi connectivity index (χ4v) is 5.72. The van der Waals surface area contributed by atoms with Gasteiger partial charge in [-0.1, -0.05) is 37.1 Å². The normalized spacial score (nSPS) is 27.2. The molecule has 2 fully saturated rings. The molecule has 2 aliphatic carbocycles. The SMILES string of the molecule is O=C(C1CCCC1)N1CCC2(CC1)c1ccccc1[C@@H](n1ccnc1)[C@@H]2O. The third-order valence-electron chi connectivity index (χ3n) is 7.20. The summed E-state index contributed by atoms with van der Waals surface area (Å²) in [6.07, 6.45) is 11.1. The van der Waals surface area contributed by atoms with E-state index in [1.807, 2.05) is 16.8 Å². The van der Waals surface area contributed by atoms with Gasteiger partial charge in [-0.3, -0.25) is 4.79 Å². The predicted octanol–water partition coefficient (Wildman–Crippen LogP) is 2.90. The minimum atomic E-state index is -0.493. The number of benzene rings is 1. The molecule has 2 atom stereocenters. The number of hydrogen-bond donors (Lipinski definition) is 1. The number of aliphatic hydroxyl groups is 1. The lowest BCUT2D eigenvalue weighted by atomic mass is 9.72. The van der Waals surface area contributed by atoms with Gasteiger partial charge in [0.1, 0.15) is 0 Å². The van der Waals surface area contributed by atoms with Crippen LogP contribution in [0.5, 0.6) is 0 Å². The molecule has 2 heterocycles. The molecule has 5 rings (SSSR count). The number of hydrogen-bond acceptors (Lipinski definition) is 3. The molecule has 3 aliphatic rings. The third-order valence-corrected chi connectivity index (χ3v) is 7.20. The Balaban J connectivity index is 1.42. The van der Waals surface area contributed by atoms with Crippen molar-refractivity contribution >= 4 is 5.91 Å². The third kappa shape index (κ3) is 2.55. The molecule has 0 bridgehead atoms. The molecule has 1 aromatic heterocycles. The summed E-state index contributed by atoms with van der Waals surface area (Å²) in [4.78, 5) is 19.1. The minimum absolute atomic E-state index is 0.0965. The number of nitrogens with zero attached hydrogens (tertiary/aromatic N) is 3. The van der Waals surface area contributed by atoms with Gasteiger partial charge in [-0.15, -0.1) is 0 Å². The predicted molar refractivity (Wildman–Crippen MR) is 102 cm³/mol. The lowest BCUT2D eigenvalue weighted by Gasteiger charge is -2.43. The van der Waals surface area contributed by atoms with E-state index in [4.69, 9.17) is 0 Å². The number of fused-ring (bicyclic) bond motifs is 2. The van der Waals surface area contributed by atoms with Gasteiger partial charge in [-0.2, -0.15) is 0 Å². The van der Waals surface area contributed by atoms with Crippen LogP contribution in [0.25, 0.3) is 0 Å². The summed E-state index contributed by atoms with van der Waals surface area (Å²) in [5.74, 6) is 0.577. The second kappa shape index (κ2) is 6.48. The first-order valence-electron chi connectivity index (χ1n) is 10.2. The van der Waals surface area contributed by atoms with Crippen LogP contribution < -0.4 is 0 Å². The van der Waals surface area contributed by atoms with Crippen LogP contribution >= 0.6 is 0 Å². The van der Waals surface area contributed by atoms with Gasteiger partial charge in [0.25, 0.3) is 0 Å².